The fourth-order valence-corrected chi connectivity index (χ4v) is 9.03. The zero-order valence-electron chi connectivity index (χ0n) is 29.2. The lowest BCUT2D eigenvalue weighted by atomic mass is 9.49. The van der Waals surface area contributed by atoms with Gasteiger partial charge in [-0.1, -0.05) is 80.6 Å². The first kappa shape index (κ1) is 34.2. The summed E-state index contributed by atoms with van der Waals surface area (Å²) >= 11 is 0. The molecule has 2 fully saturated rings. The fraction of sp³-hybridized carbons (Fsp3) is 0.500. The van der Waals surface area contributed by atoms with Crippen LogP contribution in [0.4, 0.5) is 0 Å². The first-order chi connectivity index (χ1) is 23.0. The summed E-state index contributed by atoms with van der Waals surface area (Å²) in [6, 6.07) is 24.5. The van der Waals surface area contributed by atoms with Gasteiger partial charge >= 0.3 is 5.97 Å². The molecular weight excluding hydrogens is 604 g/mol. The topological polar surface area (TPSA) is 88.5 Å². The maximum absolute atomic E-state index is 12.7. The van der Waals surface area contributed by atoms with Gasteiger partial charge in [0.1, 0.15) is 5.60 Å². The third kappa shape index (κ3) is 5.52. The molecule has 6 atom stereocenters. The molecule has 2 aliphatic heterocycles. The Kier molecular flexibility index (Phi) is 9.46. The highest BCUT2D eigenvalue weighted by Gasteiger charge is 2.72. The number of nitrogens with zero attached hydrogens (tertiary/aromatic N) is 2. The summed E-state index contributed by atoms with van der Waals surface area (Å²) in [5.74, 6) is 1.45. The molecule has 8 heteroatoms. The van der Waals surface area contributed by atoms with E-state index in [-0.39, 0.29) is 23.7 Å². The predicted octanol–water partition coefficient (Wildman–Crippen LogP) is 5.32. The molecule has 256 valence electrons. The summed E-state index contributed by atoms with van der Waals surface area (Å²) in [5, 5.41) is 11.7. The zero-order chi connectivity index (χ0) is 34.3. The minimum Gasteiger partial charge on any atom is -0.493 e. The third-order valence-corrected chi connectivity index (χ3v) is 11.3. The van der Waals surface area contributed by atoms with Crippen molar-refractivity contribution in [2.24, 2.45) is 5.92 Å². The Hall–Kier alpha value is -3.72. The number of hydrogen-bond acceptors (Lipinski definition) is 8. The van der Waals surface area contributed by atoms with Crippen LogP contribution in [0.15, 0.2) is 72.8 Å². The minimum atomic E-state index is -0.900. The summed E-state index contributed by atoms with van der Waals surface area (Å²) < 4.78 is 17.8. The van der Waals surface area contributed by atoms with E-state index >= 15 is 0 Å². The van der Waals surface area contributed by atoms with Crippen molar-refractivity contribution in [3.63, 3.8) is 0 Å². The molecule has 3 aromatic rings. The second kappa shape index (κ2) is 13.3. The van der Waals surface area contributed by atoms with Crippen LogP contribution in [0.5, 0.6) is 11.5 Å². The van der Waals surface area contributed by atoms with Gasteiger partial charge in [-0.25, -0.2) is 0 Å². The van der Waals surface area contributed by atoms with Gasteiger partial charge in [-0.05, 0) is 69.7 Å². The Labute approximate surface area is 285 Å². The molecule has 2 bridgehead atoms. The number of ether oxygens (including phenoxy) is 3. The number of carbonyl (C=O) groups excluding carboxylic acids is 2. The number of piperidine rings is 1. The van der Waals surface area contributed by atoms with Gasteiger partial charge in [-0.15, -0.1) is 0 Å². The first-order valence-corrected chi connectivity index (χ1v) is 17.3. The summed E-state index contributed by atoms with van der Waals surface area (Å²) in [6.07, 6.45) is 2.93. The Morgan fingerprint density at radius 2 is 1.77 bits per heavy atom. The highest BCUT2D eigenvalue weighted by molar-refractivity contribution is 5.90. The lowest BCUT2D eigenvalue weighted by Crippen LogP contribution is -2.76. The highest BCUT2D eigenvalue weighted by Crippen LogP contribution is 2.64. The van der Waals surface area contributed by atoms with Crippen LogP contribution in [0, 0.1) is 5.92 Å². The van der Waals surface area contributed by atoms with Crippen LogP contribution in [0.25, 0.3) is 0 Å². The first-order valence-electron chi connectivity index (χ1n) is 17.3. The quantitative estimate of drug-likeness (QED) is 0.310. The van der Waals surface area contributed by atoms with Gasteiger partial charge in [0.15, 0.2) is 23.4 Å². The average molecular weight is 655 g/mol. The molecule has 48 heavy (non-hydrogen) atoms. The number of ketones is 1. The SMILES string of the molecule is CCC(=O)O[C@](Cc1ccccc1)(c1ccccc1)[C@H](C)CN(C)C.COc1ccc2c3c1O[C@H]1C(=O)CC[C@@]4(O)[C@@H](C2)N(C)CC[C@]314. The van der Waals surface area contributed by atoms with E-state index in [0.717, 1.165) is 37.1 Å². The standard InChI is InChI=1S/C22H29NO2.C18H21NO4/c1-5-21(24)25-22(18(2)17-23(3)4,20-14-10-7-11-15-20)16-19-12-8-6-9-13-19;1-19-8-7-17-14-10-3-4-12(22-2)15(14)23-16(17)11(20)5-6-18(17,21)13(19)9-10/h6-15,18H,5,16-17H2,1-4H3;3-4,13,16,21H,5-9H2,1-2H3/t18-,22+;13-,16+,17+,18-/m11/s1. The van der Waals surface area contributed by atoms with Crippen molar-refractivity contribution in [2.75, 3.05) is 41.3 Å². The molecule has 8 nitrogen and oxygen atoms in total. The molecule has 0 unspecified atom stereocenters. The molecule has 0 aromatic heterocycles. The molecule has 4 aliphatic rings. The number of carbonyl (C=O) groups is 2. The number of benzene rings is 3. The van der Waals surface area contributed by atoms with E-state index in [1.807, 2.05) is 49.4 Å². The summed E-state index contributed by atoms with van der Waals surface area (Å²) in [7, 11) is 7.80. The minimum absolute atomic E-state index is 0.0438. The molecule has 0 radical (unpaired) electrons. The van der Waals surface area contributed by atoms with E-state index < -0.39 is 22.7 Å². The predicted molar refractivity (Wildman–Crippen MR) is 185 cm³/mol. The Morgan fingerprint density at radius 3 is 2.42 bits per heavy atom. The van der Waals surface area contributed by atoms with Crippen molar-refractivity contribution in [1.29, 1.82) is 0 Å². The van der Waals surface area contributed by atoms with Crippen molar-refractivity contribution in [3.8, 4) is 11.5 Å². The molecule has 1 saturated heterocycles. The number of rotatable bonds is 9. The summed E-state index contributed by atoms with van der Waals surface area (Å²) in [4.78, 5) is 29.4. The number of methoxy groups -OCH3 is 1. The molecule has 2 aliphatic carbocycles. The van der Waals surface area contributed by atoms with E-state index in [4.69, 9.17) is 14.2 Å². The molecule has 7 rings (SSSR count). The van der Waals surface area contributed by atoms with Crippen molar-refractivity contribution in [2.45, 2.75) is 81.1 Å². The van der Waals surface area contributed by atoms with Gasteiger partial charge in [0, 0.05) is 43.3 Å². The van der Waals surface area contributed by atoms with E-state index in [0.29, 0.717) is 37.2 Å². The number of hydrogen-bond donors (Lipinski definition) is 1. The van der Waals surface area contributed by atoms with E-state index in [9.17, 15) is 14.7 Å². The average Bonchev–Trinajstić information content (AvgIpc) is 3.45. The third-order valence-electron chi connectivity index (χ3n) is 11.3. The fourth-order valence-electron chi connectivity index (χ4n) is 9.03. The second-order valence-corrected chi connectivity index (χ2v) is 14.4. The van der Waals surface area contributed by atoms with Crippen molar-refractivity contribution >= 4 is 11.8 Å². The van der Waals surface area contributed by atoms with Crippen LogP contribution in [-0.2, 0) is 38.2 Å². The van der Waals surface area contributed by atoms with Crippen molar-refractivity contribution in [3.05, 3.63) is 95.1 Å². The maximum Gasteiger partial charge on any atom is 0.306 e. The van der Waals surface area contributed by atoms with Crippen LogP contribution < -0.4 is 9.47 Å². The van der Waals surface area contributed by atoms with Crippen LogP contribution in [0.2, 0.25) is 0 Å². The number of likely N-dealkylation sites (tertiary alicyclic amines) is 1. The Bertz CT molecular complexity index is 1630. The molecule has 0 amide bonds. The molecule has 1 spiro atoms. The van der Waals surface area contributed by atoms with Gasteiger partial charge < -0.3 is 29.1 Å². The van der Waals surface area contributed by atoms with E-state index in [2.05, 4.69) is 68.2 Å². The number of esters is 1. The second-order valence-electron chi connectivity index (χ2n) is 14.4. The molecule has 1 saturated carbocycles. The zero-order valence-corrected chi connectivity index (χ0v) is 29.2. The lowest BCUT2D eigenvalue weighted by Gasteiger charge is -2.62. The molecule has 2 heterocycles. The van der Waals surface area contributed by atoms with Crippen molar-refractivity contribution in [1.82, 2.24) is 9.80 Å². The van der Waals surface area contributed by atoms with Gasteiger partial charge in [-0.3, -0.25) is 9.59 Å². The van der Waals surface area contributed by atoms with Gasteiger partial charge in [-0.2, -0.15) is 0 Å². The summed E-state index contributed by atoms with van der Waals surface area (Å²) in [6.45, 7) is 5.71. The van der Waals surface area contributed by atoms with Crippen LogP contribution in [0.1, 0.15) is 61.8 Å². The van der Waals surface area contributed by atoms with Crippen LogP contribution >= 0.6 is 0 Å². The Balaban J connectivity index is 0.000000167. The van der Waals surface area contributed by atoms with Crippen molar-refractivity contribution < 1.29 is 28.9 Å². The normalized spacial score (nSPS) is 27.1. The van der Waals surface area contributed by atoms with E-state index in [1.165, 1.54) is 11.1 Å². The molecular formula is C40H50N2O6. The Morgan fingerprint density at radius 1 is 1.08 bits per heavy atom. The number of likely N-dealkylation sites (N-methyl/N-ethyl adjacent to an activating group) is 1. The van der Waals surface area contributed by atoms with Gasteiger partial charge in [0.05, 0.1) is 18.1 Å². The highest BCUT2D eigenvalue weighted by atomic mass is 16.6. The van der Waals surface area contributed by atoms with Crippen LogP contribution in [-0.4, -0.2) is 85.7 Å². The summed E-state index contributed by atoms with van der Waals surface area (Å²) in [5.41, 5.74) is 2.27. The largest absolute Gasteiger partial charge is 0.493 e. The smallest absolute Gasteiger partial charge is 0.306 e. The van der Waals surface area contributed by atoms with Gasteiger partial charge in [0.2, 0.25) is 0 Å². The monoisotopic (exact) mass is 654 g/mol. The van der Waals surface area contributed by atoms with Crippen LogP contribution in [0.3, 0.4) is 0 Å². The molecule has 3 aromatic carbocycles. The number of aliphatic hydroxyl groups is 1. The lowest BCUT2D eigenvalue weighted by molar-refractivity contribution is -0.185. The molecule has 1 N–H and O–H groups in total. The van der Waals surface area contributed by atoms with E-state index in [1.54, 1.807) is 7.11 Å². The maximum atomic E-state index is 12.7. The number of Topliss-reactive ketones (excluding diaryl/α,β-unsaturated/α-hetero) is 1. The van der Waals surface area contributed by atoms with Gasteiger partial charge in [0.25, 0.3) is 0 Å².